The molecule has 2 rings (SSSR count). The van der Waals surface area contributed by atoms with Gasteiger partial charge in [0.25, 0.3) is 0 Å². The third-order valence-electron chi connectivity index (χ3n) is 2.66. The number of nitrogens with zero attached hydrogens (tertiary/aromatic N) is 2. The minimum Gasteiger partial charge on any atom is -0.239 e. The fourth-order valence-corrected chi connectivity index (χ4v) is 2.04. The van der Waals surface area contributed by atoms with E-state index in [-0.39, 0.29) is 10.7 Å². The number of aliphatic imine (C=N–C) groups is 1. The first-order valence-electron chi connectivity index (χ1n) is 5.31. The van der Waals surface area contributed by atoms with Gasteiger partial charge < -0.3 is 0 Å². The van der Waals surface area contributed by atoms with Gasteiger partial charge in [0, 0.05) is 6.42 Å². The van der Waals surface area contributed by atoms with E-state index in [0.29, 0.717) is 5.56 Å². The number of hydrogen-bond donors (Lipinski definition) is 0. The van der Waals surface area contributed by atoms with Crippen LogP contribution in [-0.4, -0.2) is 16.9 Å². The van der Waals surface area contributed by atoms with Gasteiger partial charge in [-0.15, -0.1) is 0 Å². The van der Waals surface area contributed by atoms with E-state index in [4.69, 9.17) is 17.5 Å². The molecule has 1 aromatic rings. The largest absolute Gasteiger partial charge is 0.414 e. The summed E-state index contributed by atoms with van der Waals surface area (Å²) in [5, 5.41) is 8.79. The Morgan fingerprint density at radius 3 is 2.37 bits per heavy atom. The van der Waals surface area contributed by atoms with E-state index in [2.05, 4.69) is 4.99 Å². The summed E-state index contributed by atoms with van der Waals surface area (Å²) < 4.78 is 38.8. The van der Waals surface area contributed by atoms with Crippen LogP contribution in [0.25, 0.3) is 0 Å². The van der Waals surface area contributed by atoms with Crippen molar-refractivity contribution < 1.29 is 13.2 Å². The number of hydrogen-bond acceptors (Lipinski definition) is 2. The van der Waals surface area contributed by atoms with E-state index in [1.165, 1.54) is 6.07 Å². The van der Waals surface area contributed by atoms with Crippen LogP contribution in [0, 0.1) is 11.3 Å². The molecule has 1 aromatic carbocycles. The van der Waals surface area contributed by atoms with E-state index >= 15 is 0 Å². The monoisotopic (exact) mass is 280 g/mol. The van der Waals surface area contributed by atoms with Crippen LogP contribution < -0.4 is 0 Å². The van der Waals surface area contributed by atoms with Gasteiger partial charge in [0.15, 0.2) is 0 Å². The Morgan fingerprint density at radius 1 is 1.21 bits per heavy atom. The highest BCUT2D eigenvalue weighted by molar-refractivity contribution is 7.80. The average Bonchev–Trinajstić information content (AvgIpc) is 2.37. The molecule has 6 heteroatoms. The summed E-state index contributed by atoms with van der Waals surface area (Å²) >= 11 is 4.78. The minimum absolute atomic E-state index is 0.233. The molecule has 1 heterocycles. The fourth-order valence-electron chi connectivity index (χ4n) is 1.76. The molecule has 0 N–H and O–H groups in total. The van der Waals surface area contributed by atoms with Crippen LogP contribution in [-0.2, 0) is 0 Å². The summed E-state index contributed by atoms with van der Waals surface area (Å²) in [4.78, 5) is 3.63. The number of dihydropyridines is 1. The lowest BCUT2D eigenvalue weighted by atomic mass is 9.95. The van der Waals surface area contributed by atoms with E-state index < -0.39 is 23.7 Å². The van der Waals surface area contributed by atoms with Gasteiger partial charge in [0.2, 0.25) is 0 Å². The highest BCUT2D eigenvalue weighted by Gasteiger charge is 2.40. The molecule has 0 fully saturated rings. The Hall–Kier alpha value is -2.00. The molecule has 0 saturated carbocycles. The quantitative estimate of drug-likeness (QED) is 0.737. The van der Waals surface area contributed by atoms with Crippen LogP contribution in [0.2, 0.25) is 0 Å². The van der Waals surface area contributed by atoms with Crippen molar-refractivity contribution in [3.63, 3.8) is 0 Å². The summed E-state index contributed by atoms with van der Waals surface area (Å²) in [6, 6.07) is 9.98. The molecule has 1 aliphatic heterocycles. The predicted molar refractivity (Wildman–Crippen MR) is 68.9 cm³/mol. The topological polar surface area (TPSA) is 36.1 Å². The van der Waals surface area contributed by atoms with Crippen LogP contribution in [0.5, 0.6) is 0 Å². The molecule has 19 heavy (non-hydrogen) atoms. The maximum Gasteiger partial charge on any atom is 0.414 e. The summed E-state index contributed by atoms with van der Waals surface area (Å²) in [5.74, 6) is 0. The van der Waals surface area contributed by atoms with E-state index in [0.717, 1.165) is 0 Å². The summed E-state index contributed by atoms with van der Waals surface area (Å²) in [6.07, 6.45) is -5.01. The van der Waals surface area contributed by atoms with Gasteiger partial charge in [-0.05, 0) is 5.56 Å². The number of benzene rings is 1. The lowest BCUT2D eigenvalue weighted by Crippen LogP contribution is -2.24. The molecule has 0 amide bonds. The molecular weight excluding hydrogens is 273 g/mol. The maximum atomic E-state index is 12.9. The summed E-state index contributed by atoms with van der Waals surface area (Å²) in [5.41, 5.74) is -0.670. The molecule has 0 unspecified atom stereocenters. The van der Waals surface area contributed by atoms with Crippen molar-refractivity contribution in [2.75, 3.05) is 0 Å². The summed E-state index contributed by atoms with van der Waals surface area (Å²) in [7, 11) is 0. The minimum atomic E-state index is -4.58. The van der Waals surface area contributed by atoms with Gasteiger partial charge in [-0.25, -0.2) is 4.99 Å². The number of halogens is 3. The molecule has 1 aliphatic rings. The zero-order valence-corrected chi connectivity index (χ0v) is 10.3. The first-order chi connectivity index (χ1) is 8.93. The Labute approximate surface area is 112 Å². The average molecular weight is 280 g/mol. The first kappa shape index (κ1) is 13.4. The van der Waals surface area contributed by atoms with Gasteiger partial charge >= 0.3 is 6.18 Å². The number of allylic oxidation sites excluding steroid dienone is 1. The predicted octanol–water partition coefficient (Wildman–Crippen LogP) is 3.59. The normalized spacial score (nSPS) is 16.1. The Morgan fingerprint density at radius 2 is 1.84 bits per heavy atom. The second-order valence-electron chi connectivity index (χ2n) is 3.87. The zero-order valence-electron chi connectivity index (χ0n) is 9.53. The van der Waals surface area contributed by atoms with Crippen LogP contribution in [0.4, 0.5) is 13.2 Å². The fraction of sp³-hybridized carbons (Fsp3) is 0.154. The van der Waals surface area contributed by atoms with E-state index in [9.17, 15) is 13.2 Å². The molecular formula is C13H7F3N2S. The second-order valence-corrected chi connectivity index (χ2v) is 4.26. The second kappa shape index (κ2) is 4.94. The van der Waals surface area contributed by atoms with E-state index in [1.54, 1.807) is 30.3 Å². The van der Waals surface area contributed by atoms with Crippen molar-refractivity contribution in [1.82, 2.24) is 0 Å². The highest BCUT2D eigenvalue weighted by Crippen LogP contribution is 2.35. The van der Waals surface area contributed by atoms with Crippen LogP contribution in [0.3, 0.4) is 0 Å². The molecule has 0 atom stereocenters. The number of nitriles is 1. The molecule has 0 aromatic heterocycles. The van der Waals surface area contributed by atoms with Crippen molar-refractivity contribution in [3.05, 3.63) is 47.0 Å². The molecule has 0 bridgehead atoms. The molecule has 2 nitrogen and oxygen atoms in total. The number of alkyl halides is 3. The highest BCUT2D eigenvalue weighted by atomic mass is 32.1. The van der Waals surface area contributed by atoms with Gasteiger partial charge in [-0.3, -0.25) is 0 Å². The summed E-state index contributed by atoms with van der Waals surface area (Å²) in [6.45, 7) is 0. The van der Waals surface area contributed by atoms with Crippen LogP contribution in [0.15, 0.2) is 46.5 Å². The SMILES string of the molecule is N#CC1=C(C(F)(F)F)CC(c2ccccc2)=NC1=S. The molecule has 96 valence electrons. The molecule has 0 radical (unpaired) electrons. The van der Waals surface area contributed by atoms with Gasteiger partial charge in [0.05, 0.1) is 16.9 Å². The van der Waals surface area contributed by atoms with Gasteiger partial charge in [-0.2, -0.15) is 18.4 Å². The third-order valence-corrected chi connectivity index (χ3v) is 2.95. The molecule has 0 aliphatic carbocycles. The standard InChI is InChI=1S/C13H7F3N2S/c14-13(15,16)10-6-11(8-4-2-1-3-5-8)18-12(19)9(10)7-17/h1-5H,6H2. The Kier molecular flexibility index (Phi) is 3.49. The number of rotatable bonds is 1. The Balaban J connectivity index is 2.47. The van der Waals surface area contributed by atoms with Crippen LogP contribution in [0.1, 0.15) is 12.0 Å². The first-order valence-corrected chi connectivity index (χ1v) is 5.72. The van der Waals surface area contributed by atoms with Crippen molar-refractivity contribution in [1.29, 1.82) is 5.26 Å². The lowest BCUT2D eigenvalue weighted by molar-refractivity contribution is -0.0928. The van der Waals surface area contributed by atoms with Crippen molar-refractivity contribution in [2.24, 2.45) is 4.99 Å². The maximum absolute atomic E-state index is 12.9. The third kappa shape index (κ3) is 2.71. The molecule has 0 spiro atoms. The van der Waals surface area contributed by atoms with Gasteiger partial charge in [0.1, 0.15) is 11.1 Å². The Bertz CT molecular complexity index is 622. The van der Waals surface area contributed by atoms with E-state index in [1.807, 2.05) is 0 Å². The van der Waals surface area contributed by atoms with Crippen LogP contribution >= 0.6 is 12.2 Å². The zero-order chi connectivity index (χ0) is 14.0. The molecule has 0 saturated heterocycles. The smallest absolute Gasteiger partial charge is 0.239 e. The van der Waals surface area contributed by atoms with Crippen molar-refractivity contribution in [2.45, 2.75) is 12.6 Å². The van der Waals surface area contributed by atoms with Crippen molar-refractivity contribution in [3.8, 4) is 6.07 Å². The van der Waals surface area contributed by atoms with Crippen molar-refractivity contribution >= 4 is 22.9 Å². The number of thiocarbonyl (C=S) groups is 1. The lowest BCUT2D eigenvalue weighted by Gasteiger charge is -2.19. The van der Waals surface area contributed by atoms with Gasteiger partial charge in [-0.1, -0.05) is 42.5 Å².